The van der Waals surface area contributed by atoms with Crippen LogP contribution in [0, 0.1) is 6.92 Å². The van der Waals surface area contributed by atoms with Crippen molar-refractivity contribution in [1.82, 2.24) is 20.2 Å². The zero-order valence-electron chi connectivity index (χ0n) is 12.0. The Morgan fingerprint density at radius 2 is 2.05 bits per heavy atom. The number of nitrogens with zero attached hydrogens (tertiary/aromatic N) is 4. The summed E-state index contributed by atoms with van der Waals surface area (Å²) < 4.78 is 0.921. The van der Waals surface area contributed by atoms with E-state index < -0.39 is 0 Å². The molecule has 20 heavy (non-hydrogen) atoms. The first-order valence-electron chi connectivity index (χ1n) is 6.81. The van der Waals surface area contributed by atoms with Crippen molar-refractivity contribution in [2.24, 2.45) is 0 Å². The number of aromatic nitrogens is 4. The van der Waals surface area contributed by atoms with Crippen molar-refractivity contribution in [2.45, 2.75) is 49.4 Å². The van der Waals surface area contributed by atoms with Gasteiger partial charge in [0.2, 0.25) is 0 Å². The maximum Gasteiger partial charge on any atom is 0.180 e. The van der Waals surface area contributed by atoms with Gasteiger partial charge in [-0.15, -0.1) is 10.2 Å². The molecule has 108 valence electrons. The lowest BCUT2D eigenvalue weighted by Crippen LogP contribution is -2.05. The lowest BCUT2D eigenvalue weighted by molar-refractivity contribution is 0.807. The van der Waals surface area contributed by atoms with Gasteiger partial charge in [0.05, 0.1) is 0 Å². The molecule has 2 aromatic heterocycles. The van der Waals surface area contributed by atoms with E-state index in [4.69, 9.17) is 0 Å². The molecule has 0 amide bonds. The van der Waals surface area contributed by atoms with E-state index >= 15 is 0 Å². The lowest BCUT2D eigenvalue weighted by Gasteiger charge is -2.08. The summed E-state index contributed by atoms with van der Waals surface area (Å²) in [7, 11) is 0. The highest BCUT2D eigenvalue weighted by atomic mass is 32.2. The largest absolute Gasteiger partial charge is 0.370 e. The van der Waals surface area contributed by atoms with Crippen LogP contribution in [0.15, 0.2) is 15.4 Å². The van der Waals surface area contributed by atoms with E-state index in [2.05, 4.69) is 39.3 Å². The van der Waals surface area contributed by atoms with E-state index in [9.17, 15) is 0 Å². The third kappa shape index (κ3) is 4.42. The lowest BCUT2D eigenvalue weighted by atomic mass is 10.3. The molecule has 0 fully saturated rings. The van der Waals surface area contributed by atoms with Crippen molar-refractivity contribution in [3.8, 4) is 0 Å². The smallest absolute Gasteiger partial charge is 0.180 e. The molecule has 0 aromatic carbocycles. The molecular weight excluding hydrogens is 290 g/mol. The van der Waals surface area contributed by atoms with Gasteiger partial charge >= 0.3 is 0 Å². The van der Waals surface area contributed by atoms with E-state index in [1.165, 1.54) is 0 Å². The summed E-state index contributed by atoms with van der Waals surface area (Å²) in [6, 6.07) is 1.98. The third-order valence-corrected chi connectivity index (χ3v) is 4.29. The minimum Gasteiger partial charge on any atom is -0.370 e. The first kappa shape index (κ1) is 15.2. The van der Waals surface area contributed by atoms with Gasteiger partial charge in [-0.2, -0.15) is 0 Å². The average Bonchev–Trinajstić information content (AvgIpc) is 2.82. The molecule has 0 unspecified atom stereocenters. The molecule has 2 rings (SSSR count). The first-order chi connectivity index (χ1) is 9.71. The number of aryl methyl sites for hydroxylation is 2. The van der Waals surface area contributed by atoms with Crippen molar-refractivity contribution in [1.29, 1.82) is 0 Å². The van der Waals surface area contributed by atoms with Crippen LogP contribution in [0.2, 0.25) is 0 Å². The second-order valence-corrected chi connectivity index (χ2v) is 6.82. The molecule has 2 heterocycles. The monoisotopic (exact) mass is 309 g/mol. The van der Waals surface area contributed by atoms with Gasteiger partial charge in [0.15, 0.2) is 4.34 Å². The highest BCUT2D eigenvalue weighted by Gasteiger charge is 2.08. The number of anilines is 1. The summed E-state index contributed by atoms with van der Waals surface area (Å²) in [5.41, 5.74) is 0. The van der Waals surface area contributed by atoms with Crippen LogP contribution >= 0.6 is 23.1 Å². The Bertz CT molecular complexity index is 555. The van der Waals surface area contributed by atoms with Gasteiger partial charge in [-0.3, -0.25) is 0 Å². The fourth-order valence-electron chi connectivity index (χ4n) is 1.61. The zero-order chi connectivity index (χ0) is 14.4. The standard InChI is InChI=1S/C13H19N5S2/c1-4-6-10-15-11(14-7-5-2)8-12(16-10)20-13-18-17-9(3)19-13/h8H,4-7H2,1-3H3,(H,14,15,16). The van der Waals surface area contributed by atoms with Crippen molar-refractivity contribution in [2.75, 3.05) is 11.9 Å². The van der Waals surface area contributed by atoms with Gasteiger partial charge in [-0.05, 0) is 31.5 Å². The molecule has 0 aliphatic rings. The Hall–Kier alpha value is -1.21. The second kappa shape index (κ2) is 7.54. The van der Waals surface area contributed by atoms with Gasteiger partial charge < -0.3 is 5.32 Å². The molecule has 0 saturated heterocycles. The van der Waals surface area contributed by atoms with Crippen molar-refractivity contribution in [3.63, 3.8) is 0 Å². The summed E-state index contributed by atoms with van der Waals surface area (Å²) >= 11 is 3.14. The maximum atomic E-state index is 4.59. The van der Waals surface area contributed by atoms with E-state index in [0.717, 1.165) is 51.8 Å². The highest BCUT2D eigenvalue weighted by molar-refractivity contribution is 8.01. The molecule has 0 aliphatic carbocycles. The SMILES string of the molecule is CCCNc1cc(Sc2nnc(C)s2)nc(CCC)n1. The van der Waals surface area contributed by atoms with Crippen LogP contribution in [0.3, 0.4) is 0 Å². The van der Waals surface area contributed by atoms with Crippen molar-refractivity contribution in [3.05, 3.63) is 16.9 Å². The fraction of sp³-hybridized carbons (Fsp3) is 0.538. The quantitative estimate of drug-likeness (QED) is 0.789. The second-order valence-electron chi connectivity index (χ2n) is 4.37. The molecule has 0 spiro atoms. The molecule has 1 N–H and O–H groups in total. The number of hydrogen-bond donors (Lipinski definition) is 1. The van der Waals surface area contributed by atoms with Gasteiger partial charge in [-0.25, -0.2) is 9.97 Å². The molecule has 0 bridgehead atoms. The summed E-state index contributed by atoms with van der Waals surface area (Å²) in [4.78, 5) is 9.13. The van der Waals surface area contributed by atoms with Gasteiger partial charge in [0.1, 0.15) is 21.7 Å². The molecule has 0 atom stereocenters. The van der Waals surface area contributed by atoms with Crippen LogP contribution in [0.5, 0.6) is 0 Å². The van der Waals surface area contributed by atoms with Crippen molar-refractivity contribution >= 4 is 28.9 Å². The Morgan fingerprint density at radius 3 is 2.70 bits per heavy atom. The maximum absolute atomic E-state index is 4.59. The van der Waals surface area contributed by atoms with E-state index in [0.29, 0.717) is 0 Å². The van der Waals surface area contributed by atoms with Crippen LogP contribution in [-0.4, -0.2) is 26.7 Å². The Kier molecular flexibility index (Phi) is 5.72. The van der Waals surface area contributed by atoms with Crippen molar-refractivity contribution < 1.29 is 0 Å². The Labute approximate surface area is 127 Å². The summed E-state index contributed by atoms with van der Waals surface area (Å²) in [6.07, 6.45) is 3.01. The molecule has 0 radical (unpaired) electrons. The molecule has 0 saturated carbocycles. The van der Waals surface area contributed by atoms with Crippen LogP contribution in [-0.2, 0) is 6.42 Å². The zero-order valence-corrected chi connectivity index (χ0v) is 13.6. The first-order valence-corrected chi connectivity index (χ1v) is 8.44. The summed E-state index contributed by atoms with van der Waals surface area (Å²) in [5.74, 6) is 1.78. The van der Waals surface area contributed by atoms with Gasteiger partial charge in [-0.1, -0.05) is 25.2 Å². The molecule has 5 nitrogen and oxygen atoms in total. The minimum absolute atomic E-state index is 0.886. The molecular formula is C13H19N5S2. The topological polar surface area (TPSA) is 63.6 Å². The Balaban J connectivity index is 2.18. The van der Waals surface area contributed by atoms with Crippen LogP contribution in [0.1, 0.15) is 37.5 Å². The molecule has 7 heteroatoms. The van der Waals surface area contributed by atoms with Crippen LogP contribution in [0.25, 0.3) is 0 Å². The number of nitrogens with one attached hydrogen (secondary N) is 1. The fourth-order valence-corrected chi connectivity index (χ4v) is 3.40. The summed E-state index contributed by atoms with van der Waals surface area (Å²) in [6.45, 7) is 7.15. The minimum atomic E-state index is 0.886. The normalized spacial score (nSPS) is 10.8. The average molecular weight is 309 g/mol. The number of hydrogen-bond acceptors (Lipinski definition) is 7. The highest BCUT2D eigenvalue weighted by Crippen LogP contribution is 2.29. The van der Waals surface area contributed by atoms with E-state index in [-0.39, 0.29) is 0 Å². The number of rotatable bonds is 7. The predicted octanol–water partition coefficient (Wildman–Crippen LogP) is 3.56. The van der Waals surface area contributed by atoms with E-state index in [1.54, 1.807) is 23.1 Å². The third-order valence-electron chi connectivity index (χ3n) is 2.48. The van der Waals surface area contributed by atoms with Gasteiger partial charge in [0.25, 0.3) is 0 Å². The van der Waals surface area contributed by atoms with Gasteiger partial charge in [0, 0.05) is 19.0 Å². The molecule has 0 aliphatic heterocycles. The summed E-state index contributed by atoms with van der Waals surface area (Å²) in [5, 5.41) is 13.4. The molecule has 2 aromatic rings. The predicted molar refractivity (Wildman–Crippen MR) is 83.6 cm³/mol. The van der Waals surface area contributed by atoms with E-state index in [1.807, 2.05) is 13.0 Å². The van der Waals surface area contributed by atoms with Crippen LogP contribution < -0.4 is 5.32 Å². The van der Waals surface area contributed by atoms with Crippen LogP contribution in [0.4, 0.5) is 5.82 Å². The Morgan fingerprint density at radius 1 is 1.20 bits per heavy atom.